The summed E-state index contributed by atoms with van der Waals surface area (Å²) in [5.41, 5.74) is 8.65. The number of nitrogens with zero attached hydrogens (tertiary/aromatic N) is 2. The molecule has 0 aliphatic heterocycles. The van der Waals surface area contributed by atoms with Crippen molar-refractivity contribution in [2.45, 2.75) is 20.4 Å². The number of aromatic amines is 1. The summed E-state index contributed by atoms with van der Waals surface area (Å²) in [6, 6.07) is 14.1. The summed E-state index contributed by atoms with van der Waals surface area (Å²) in [7, 11) is 1.94. The molecule has 0 amide bonds. The number of pyridine rings is 1. The van der Waals surface area contributed by atoms with Crippen LogP contribution in [0.5, 0.6) is 0 Å². The quantitative estimate of drug-likeness (QED) is 0.457. The Hall–Kier alpha value is -3.31. The molecule has 4 rings (SSSR count). The average molecular weight is 369 g/mol. The van der Waals surface area contributed by atoms with Gasteiger partial charge in [0.1, 0.15) is 5.71 Å². The van der Waals surface area contributed by atoms with E-state index in [0.717, 1.165) is 39.8 Å². The molecule has 0 aliphatic rings. The van der Waals surface area contributed by atoms with Crippen molar-refractivity contribution in [3.63, 3.8) is 0 Å². The van der Waals surface area contributed by atoms with Crippen LogP contribution in [-0.2, 0) is 6.54 Å². The number of para-hydroxylation sites is 2. The lowest BCUT2D eigenvalue weighted by molar-refractivity contribution is 0.807. The molecule has 140 valence electrons. The van der Waals surface area contributed by atoms with Crippen LogP contribution in [0.25, 0.3) is 22.2 Å². The minimum atomic E-state index is 0.396. The van der Waals surface area contributed by atoms with Gasteiger partial charge in [0.15, 0.2) is 5.82 Å². The summed E-state index contributed by atoms with van der Waals surface area (Å²) in [5.74, 6) is 0.584. The highest BCUT2D eigenvalue weighted by Crippen LogP contribution is 2.28. The third-order valence-electron chi connectivity index (χ3n) is 5.13. The first-order chi connectivity index (χ1) is 13.6. The zero-order chi connectivity index (χ0) is 19.7. The minimum Gasteiger partial charge on any atom is -0.337 e. The van der Waals surface area contributed by atoms with Crippen LogP contribution in [-0.4, -0.2) is 27.7 Å². The Labute approximate surface area is 164 Å². The number of benzene rings is 2. The topological polar surface area (TPSA) is 77.5 Å². The van der Waals surface area contributed by atoms with Crippen molar-refractivity contribution >= 4 is 16.7 Å². The van der Waals surface area contributed by atoms with Crippen molar-refractivity contribution in [2.24, 2.45) is 0 Å². The number of imidazole rings is 1. The highest BCUT2D eigenvalue weighted by Gasteiger charge is 2.15. The number of H-pyrrole nitrogens is 1. The second-order valence-corrected chi connectivity index (χ2v) is 7.01. The van der Waals surface area contributed by atoms with Gasteiger partial charge in [-0.2, -0.15) is 0 Å². The van der Waals surface area contributed by atoms with Crippen LogP contribution in [0.4, 0.5) is 0 Å². The Balaban J connectivity index is 1.77. The van der Waals surface area contributed by atoms with Crippen LogP contribution in [0.2, 0.25) is 0 Å². The van der Waals surface area contributed by atoms with E-state index in [4.69, 9.17) is 5.41 Å². The Morgan fingerprint density at radius 3 is 2.71 bits per heavy atom. The van der Waals surface area contributed by atoms with Gasteiger partial charge < -0.3 is 10.3 Å². The van der Waals surface area contributed by atoms with E-state index in [1.165, 1.54) is 11.1 Å². The van der Waals surface area contributed by atoms with Crippen molar-refractivity contribution in [2.75, 3.05) is 7.05 Å². The third kappa shape index (κ3) is 3.21. The zero-order valence-electron chi connectivity index (χ0n) is 16.3. The van der Waals surface area contributed by atoms with E-state index in [0.29, 0.717) is 11.5 Å². The molecule has 2 aromatic carbocycles. The number of aromatic nitrogens is 3. The molecule has 0 fully saturated rings. The number of aryl methyl sites for hydroxylation is 1. The molecular formula is C23H23N5. The Morgan fingerprint density at radius 1 is 1.11 bits per heavy atom. The second-order valence-electron chi connectivity index (χ2n) is 7.01. The van der Waals surface area contributed by atoms with Gasteiger partial charge in [-0.15, -0.1) is 0 Å². The van der Waals surface area contributed by atoms with Gasteiger partial charge in [0.2, 0.25) is 0 Å². The Kier molecular flexibility index (Phi) is 4.75. The van der Waals surface area contributed by atoms with E-state index in [2.05, 4.69) is 45.4 Å². The van der Waals surface area contributed by atoms with E-state index < -0.39 is 0 Å². The molecular weight excluding hydrogens is 346 g/mol. The van der Waals surface area contributed by atoms with Crippen LogP contribution in [0.3, 0.4) is 0 Å². The van der Waals surface area contributed by atoms with Gasteiger partial charge in [0, 0.05) is 30.1 Å². The number of hydrogen-bond donors (Lipinski definition) is 3. The normalized spacial score (nSPS) is 11.1. The van der Waals surface area contributed by atoms with E-state index >= 15 is 0 Å². The summed E-state index contributed by atoms with van der Waals surface area (Å²) in [6.07, 6.45) is 3.80. The molecule has 5 heteroatoms. The third-order valence-corrected chi connectivity index (χ3v) is 5.13. The fourth-order valence-corrected chi connectivity index (χ4v) is 3.49. The van der Waals surface area contributed by atoms with Crippen LogP contribution in [0, 0.1) is 19.3 Å². The first-order valence-electron chi connectivity index (χ1n) is 9.31. The van der Waals surface area contributed by atoms with Gasteiger partial charge >= 0.3 is 0 Å². The molecule has 2 aromatic heterocycles. The molecule has 0 saturated heterocycles. The maximum absolute atomic E-state index is 8.75. The van der Waals surface area contributed by atoms with Crippen LogP contribution in [0.1, 0.15) is 28.1 Å². The summed E-state index contributed by atoms with van der Waals surface area (Å²) in [5, 5.41) is 11.9. The van der Waals surface area contributed by atoms with Gasteiger partial charge in [-0.3, -0.25) is 10.4 Å². The lowest BCUT2D eigenvalue weighted by Crippen LogP contribution is -2.08. The standard InChI is InChI=1S/C23H23N5/c1-14-8-9-16(19-13-26-12-17(11-25-3)15(19)2)10-18(14)22(24)23-27-20-6-4-5-7-21(20)28-23/h4-10,12-13,24-25H,11H2,1-3H3,(H,27,28). The number of hydrogen-bond acceptors (Lipinski definition) is 4. The predicted octanol–water partition coefficient (Wildman–Crippen LogP) is 4.38. The Bertz CT molecular complexity index is 1140. The summed E-state index contributed by atoms with van der Waals surface area (Å²) in [4.78, 5) is 12.3. The van der Waals surface area contributed by atoms with Gasteiger partial charge in [-0.05, 0) is 61.3 Å². The van der Waals surface area contributed by atoms with Crippen molar-refractivity contribution < 1.29 is 0 Å². The van der Waals surface area contributed by atoms with Crippen molar-refractivity contribution in [3.8, 4) is 11.1 Å². The van der Waals surface area contributed by atoms with Crippen LogP contribution in [0.15, 0.2) is 54.9 Å². The van der Waals surface area contributed by atoms with Gasteiger partial charge in [0.05, 0.1) is 11.0 Å². The predicted molar refractivity (Wildman–Crippen MR) is 114 cm³/mol. The fraction of sp³-hybridized carbons (Fsp3) is 0.174. The molecule has 2 heterocycles. The van der Waals surface area contributed by atoms with Crippen molar-refractivity contribution in [3.05, 3.63) is 82.9 Å². The number of fused-ring (bicyclic) bond motifs is 1. The van der Waals surface area contributed by atoms with Gasteiger partial charge in [-0.1, -0.05) is 24.3 Å². The maximum Gasteiger partial charge on any atom is 0.157 e. The largest absolute Gasteiger partial charge is 0.337 e. The smallest absolute Gasteiger partial charge is 0.157 e. The van der Waals surface area contributed by atoms with Crippen LogP contribution >= 0.6 is 0 Å². The van der Waals surface area contributed by atoms with E-state index in [1.807, 2.05) is 50.6 Å². The highest BCUT2D eigenvalue weighted by atomic mass is 14.9. The second kappa shape index (κ2) is 7.37. The summed E-state index contributed by atoms with van der Waals surface area (Å²) < 4.78 is 0. The Morgan fingerprint density at radius 2 is 1.93 bits per heavy atom. The average Bonchev–Trinajstić information content (AvgIpc) is 3.14. The lowest BCUT2D eigenvalue weighted by Gasteiger charge is -2.13. The van der Waals surface area contributed by atoms with Crippen molar-refractivity contribution in [1.29, 1.82) is 5.41 Å². The first kappa shape index (κ1) is 18.1. The van der Waals surface area contributed by atoms with Crippen molar-refractivity contribution in [1.82, 2.24) is 20.3 Å². The SMILES string of the molecule is CNCc1cncc(-c2ccc(C)c(C(=N)c3nc4ccccc4[nH]3)c2)c1C. The van der Waals surface area contributed by atoms with Gasteiger partial charge in [-0.25, -0.2) is 4.98 Å². The van der Waals surface area contributed by atoms with E-state index in [9.17, 15) is 0 Å². The molecule has 4 aromatic rings. The molecule has 3 N–H and O–H groups in total. The maximum atomic E-state index is 8.75. The lowest BCUT2D eigenvalue weighted by atomic mass is 9.94. The monoisotopic (exact) mass is 369 g/mol. The molecule has 0 spiro atoms. The molecule has 28 heavy (non-hydrogen) atoms. The molecule has 0 aliphatic carbocycles. The highest BCUT2D eigenvalue weighted by molar-refractivity contribution is 6.11. The van der Waals surface area contributed by atoms with E-state index in [-0.39, 0.29) is 0 Å². The molecule has 5 nitrogen and oxygen atoms in total. The zero-order valence-corrected chi connectivity index (χ0v) is 16.3. The molecule has 0 atom stereocenters. The number of nitrogens with one attached hydrogen (secondary N) is 3. The fourth-order valence-electron chi connectivity index (χ4n) is 3.49. The summed E-state index contributed by atoms with van der Waals surface area (Å²) in [6.45, 7) is 4.92. The minimum absolute atomic E-state index is 0.396. The van der Waals surface area contributed by atoms with E-state index in [1.54, 1.807) is 0 Å². The summed E-state index contributed by atoms with van der Waals surface area (Å²) >= 11 is 0. The molecule has 0 saturated carbocycles. The molecule has 0 unspecified atom stereocenters. The van der Waals surface area contributed by atoms with Crippen LogP contribution < -0.4 is 5.32 Å². The molecule has 0 radical (unpaired) electrons. The molecule has 0 bridgehead atoms. The van der Waals surface area contributed by atoms with Gasteiger partial charge in [0.25, 0.3) is 0 Å². The first-order valence-corrected chi connectivity index (χ1v) is 9.31. The number of rotatable bonds is 5.